The van der Waals surface area contributed by atoms with Crippen molar-refractivity contribution >= 4 is 11.6 Å². The summed E-state index contributed by atoms with van der Waals surface area (Å²) in [4.78, 5) is 11.9. The third-order valence-corrected chi connectivity index (χ3v) is 3.72. The summed E-state index contributed by atoms with van der Waals surface area (Å²) >= 11 is 0. The van der Waals surface area contributed by atoms with E-state index in [2.05, 4.69) is 43.4 Å². The van der Waals surface area contributed by atoms with Crippen molar-refractivity contribution in [3.63, 3.8) is 0 Å². The lowest BCUT2D eigenvalue weighted by atomic mass is 9.86. The van der Waals surface area contributed by atoms with Crippen molar-refractivity contribution in [2.75, 3.05) is 0 Å². The highest BCUT2D eigenvalue weighted by Crippen LogP contribution is 2.22. The molecule has 0 heterocycles. The Bertz CT molecular complexity index is 680. The van der Waals surface area contributed by atoms with E-state index >= 15 is 0 Å². The van der Waals surface area contributed by atoms with Crippen LogP contribution in [0.25, 0.3) is 0 Å². The molecule has 0 aliphatic rings. The molecule has 120 valence electrons. The molecule has 23 heavy (non-hydrogen) atoms. The molecule has 0 aliphatic carbocycles. The van der Waals surface area contributed by atoms with Gasteiger partial charge in [-0.3, -0.25) is 4.79 Å². The third-order valence-electron chi connectivity index (χ3n) is 3.72. The topological polar surface area (TPSA) is 41.5 Å². The lowest BCUT2D eigenvalue weighted by Crippen LogP contribution is -2.21. The molecule has 3 nitrogen and oxygen atoms in total. The first kappa shape index (κ1) is 16.9. The zero-order valence-electron chi connectivity index (χ0n) is 14.3. The monoisotopic (exact) mass is 308 g/mol. The van der Waals surface area contributed by atoms with Crippen LogP contribution in [0.3, 0.4) is 0 Å². The summed E-state index contributed by atoms with van der Waals surface area (Å²) in [5.41, 5.74) is 6.82. The van der Waals surface area contributed by atoms with E-state index in [0.29, 0.717) is 6.42 Å². The number of nitrogens with one attached hydrogen (secondary N) is 1. The van der Waals surface area contributed by atoms with Gasteiger partial charge >= 0.3 is 0 Å². The predicted molar refractivity (Wildman–Crippen MR) is 95.6 cm³/mol. The van der Waals surface area contributed by atoms with Crippen LogP contribution in [0.4, 0.5) is 0 Å². The van der Waals surface area contributed by atoms with Gasteiger partial charge in [-0.1, -0.05) is 75.4 Å². The van der Waals surface area contributed by atoms with Gasteiger partial charge in [0.1, 0.15) is 0 Å². The Balaban J connectivity index is 1.98. The molecule has 0 spiro atoms. The molecule has 1 N–H and O–H groups in total. The fourth-order valence-corrected chi connectivity index (χ4v) is 2.24. The van der Waals surface area contributed by atoms with Crippen molar-refractivity contribution < 1.29 is 4.79 Å². The molecular weight excluding hydrogens is 284 g/mol. The number of carbonyl (C=O) groups excluding carboxylic acids is 1. The molecule has 0 radical (unpaired) electrons. The Labute approximate surface area is 138 Å². The van der Waals surface area contributed by atoms with Crippen LogP contribution in [-0.2, 0) is 16.6 Å². The first-order valence-corrected chi connectivity index (χ1v) is 7.84. The van der Waals surface area contributed by atoms with E-state index in [1.807, 2.05) is 49.4 Å². The Morgan fingerprint density at radius 1 is 1.00 bits per heavy atom. The van der Waals surface area contributed by atoms with Crippen LogP contribution >= 0.6 is 0 Å². The first-order chi connectivity index (χ1) is 10.9. The van der Waals surface area contributed by atoms with Crippen LogP contribution in [0.2, 0.25) is 0 Å². The summed E-state index contributed by atoms with van der Waals surface area (Å²) in [5.74, 6) is -0.109. The molecule has 0 bridgehead atoms. The summed E-state index contributed by atoms with van der Waals surface area (Å²) in [5, 5.41) is 4.20. The largest absolute Gasteiger partial charge is 0.273 e. The molecule has 0 unspecified atom stereocenters. The number of hydrogen-bond acceptors (Lipinski definition) is 2. The molecular formula is C20H24N2O. The molecule has 0 fully saturated rings. The Morgan fingerprint density at radius 2 is 1.61 bits per heavy atom. The molecule has 2 aromatic carbocycles. The van der Waals surface area contributed by atoms with E-state index in [1.54, 1.807) is 0 Å². The van der Waals surface area contributed by atoms with Crippen LogP contribution in [0.1, 0.15) is 44.4 Å². The fourth-order valence-electron chi connectivity index (χ4n) is 2.24. The second-order valence-corrected chi connectivity index (χ2v) is 6.72. The summed E-state index contributed by atoms with van der Waals surface area (Å²) in [6.45, 7) is 8.46. The molecule has 0 saturated heterocycles. The normalized spacial score (nSPS) is 12.1. The number of carbonyl (C=O) groups is 1. The van der Waals surface area contributed by atoms with Crippen LogP contribution < -0.4 is 5.43 Å². The average Bonchev–Trinajstić information content (AvgIpc) is 2.53. The van der Waals surface area contributed by atoms with E-state index in [9.17, 15) is 4.79 Å². The van der Waals surface area contributed by atoms with Crippen molar-refractivity contribution in [3.05, 3.63) is 71.3 Å². The van der Waals surface area contributed by atoms with Gasteiger partial charge < -0.3 is 0 Å². The number of benzene rings is 2. The zero-order chi connectivity index (χ0) is 16.9. The van der Waals surface area contributed by atoms with Crippen molar-refractivity contribution in [2.24, 2.45) is 5.10 Å². The van der Waals surface area contributed by atoms with E-state index in [4.69, 9.17) is 0 Å². The van der Waals surface area contributed by atoms with Gasteiger partial charge in [-0.15, -0.1) is 0 Å². The van der Waals surface area contributed by atoms with Gasteiger partial charge in [-0.2, -0.15) is 5.10 Å². The molecule has 2 aromatic rings. The van der Waals surface area contributed by atoms with Gasteiger partial charge in [0.25, 0.3) is 0 Å². The maximum Gasteiger partial charge on any atom is 0.244 e. The first-order valence-electron chi connectivity index (χ1n) is 7.84. The highest BCUT2D eigenvalue weighted by atomic mass is 16.2. The lowest BCUT2D eigenvalue weighted by molar-refractivity contribution is -0.120. The smallest absolute Gasteiger partial charge is 0.244 e. The summed E-state index contributed by atoms with van der Waals surface area (Å²) in [6.07, 6.45) is 0.334. The van der Waals surface area contributed by atoms with E-state index < -0.39 is 0 Å². The van der Waals surface area contributed by atoms with Crippen LogP contribution in [0.5, 0.6) is 0 Å². The quantitative estimate of drug-likeness (QED) is 0.671. The number of amides is 1. The van der Waals surface area contributed by atoms with Gasteiger partial charge in [-0.25, -0.2) is 5.43 Å². The van der Waals surface area contributed by atoms with E-state index in [0.717, 1.165) is 16.8 Å². The third kappa shape index (κ3) is 5.06. The van der Waals surface area contributed by atoms with Gasteiger partial charge in [-0.05, 0) is 29.0 Å². The Hall–Kier alpha value is -2.42. The molecule has 3 heteroatoms. The summed E-state index contributed by atoms with van der Waals surface area (Å²) in [7, 11) is 0. The molecule has 0 aromatic heterocycles. The van der Waals surface area contributed by atoms with Gasteiger partial charge in [0.2, 0.25) is 5.91 Å². The second-order valence-electron chi connectivity index (χ2n) is 6.72. The van der Waals surface area contributed by atoms with Crippen LogP contribution in [0.15, 0.2) is 59.7 Å². The van der Waals surface area contributed by atoms with E-state index in [1.165, 1.54) is 5.56 Å². The lowest BCUT2D eigenvalue weighted by Gasteiger charge is -2.19. The maximum atomic E-state index is 11.9. The minimum Gasteiger partial charge on any atom is -0.273 e. The summed E-state index contributed by atoms with van der Waals surface area (Å²) in [6, 6.07) is 18.0. The minimum absolute atomic E-state index is 0.109. The second kappa shape index (κ2) is 7.23. The van der Waals surface area contributed by atoms with Crippen molar-refractivity contribution in [1.82, 2.24) is 5.43 Å². The van der Waals surface area contributed by atoms with Crippen LogP contribution in [-0.4, -0.2) is 11.6 Å². The SMILES string of the molecule is CC(=NNC(=O)Cc1ccccc1)c1ccc(C(C)(C)C)cc1. The van der Waals surface area contributed by atoms with Gasteiger partial charge in [0, 0.05) is 0 Å². The number of hydrazone groups is 1. The number of hydrogen-bond donors (Lipinski definition) is 1. The number of rotatable bonds is 4. The zero-order valence-corrected chi connectivity index (χ0v) is 14.3. The minimum atomic E-state index is -0.109. The molecule has 1 amide bonds. The van der Waals surface area contributed by atoms with Crippen LogP contribution in [0, 0.1) is 0 Å². The van der Waals surface area contributed by atoms with Gasteiger partial charge in [0.05, 0.1) is 12.1 Å². The van der Waals surface area contributed by atoms with Crippen molar-refractivity contribution in [2.45, 2.75) is 39.5 Å². The standard InChI is InChI=1S/C20H24N2O/c1-15(17-10-12-18(13-11-17)20(2,3)4)21-22-19(23)14-16-8-6-5-7-9-16/h5-13H,14H2,1-4H3,(H,22,23). The van der Waals surface area contributed by atoms with E-state index in [-0.39, 0.29) is 11.3 Å². The highest BCUT2D eigenvalue weighted by molar-refractivity contribution is 5.99. The predicted octanol–water partition coefficient (Wildman–Crippen LogP) is 4.07. The Kier molecular flexibility index (Phi) is 5.32. The Morgan fingerprint density at radius 3 is 2.17 bits per heavy atom. The fraction of sp³-hybridized carbons (Fsp3) is 0.300. The molecule has 0 saturated carbocycles. The molecule has 2 rings (SSSR count). The van der Waals surface area contributed by atoms with Gasteiger partial charge in [0.15, 0.2) is 0 Å². The molecule has 0 atom stereocenters. The van der Waals surface area contributed by atoms with Crippen molar-refractivity contribution in [3.8, 4) is 0 Å². The summed E-state index contributed by atoms with van der Waals surface area (Å²) < 4.78 is 0. The highest BCUT2D eigenvalue weighted by Gasteiger charge is 2.13. The average molecular weight is 308 g/mol. The molecule has 0 aliphatic heterocycles. The maximum absolute atomic E-state index is 11.9. The van der Waals surface area contributed by atoms with Crippen molar-refractivity contribution in [1.29, 1.82) is 0 Å². The number of nitrogens with zero attached hydrogens (tertiary/aromatic N) is 1.